The van der Waals surface area contributed by atoms with Gasteiger partial charge in [-0.3, -0.25) is 9.78 Å². The number of aromatic nitrogens is 3. The molecule has 26 heavy (non-hydrogen) atoms. The minimum absolute atomic E-state index is 0.0891. The number of aryl methyl sites for hydroxylation is 1. The van der Waals surface area contributed by atoms with Crippen molar-refractivity contribution in [2.45, 2.75) is 26.4 Å². The summed E-state index contributed by atoms with van der Waals surface area (Å²) >= 11 is 0. The molecule has 4 aromatic rings. The highest BCUT2D eigenvalue weighted by molar-refractivity contribution is 6.10. The number of benzene rings is 1. The summed E-state index contributed by atoms with van der Waals surface area (Å²) in [7, 11) is 1.95. The zero-order valence-electron chi connectivity index (χ0n) is 15.2. The van der Waals surface area contributed by atoms with Crippen molar-refractivity contribution in [1.82, 2.24) is 19.4 Å². The lowest BCUT2D eigenvalue weighted by Crippen LogP contribution is -2.25. The maximum Gasteiger partial charge on any atom is 0.268 e. The van der Waals surface area contributed by atoms with E-state index in [0.717, 1.165) is 16.7 Å². The normalized spacial score (nSPS) is 11.5. The van der Waals surface area contributed by atoms with Crippen LogP contribution in [0.1, 0.15) is 36.1 Å². The first-order chi connectivity index (χ1) is 12.6. The molecule has 4 rings (SSSR count). The average molecular weight is 346 g/mol. The molecule has 0 aliphatic rings. The number of nitrogens with one attached hydrogen (secondary N) is 1. The Labute approximate surface area is 152 Å². The number of para-hydroxylation sites is 1. The van der Waals surface area contributed by atoms with E-state index >= 15 is 0 Å². The van der Waals surface area contributed by atoms with Gasteiger partial charge in [-0.15, -0.1) is 0 Å². The van der Waals surface area contributed by atoms with Crippen molar-refractivity contribution < 1.29 is 4.79 Å². The first-order valence-corrected chi connectivity index (χ1v) is 8.84. The first kappa shape index (κ1) is 16.4. The molecule has 1 aromatic carbocycles. The Kier molecular flexibility index (Phi) is 3.99. The van der Waals surface area contributed by atoms with Crippen molar-refractivity contribution >= 4 is 27.8 Å². The van der Waals surface area contributed by atoms with Crippen molar-refractivity contribution in [3.63, 3.8) is 0 Å². The topological polar surface area (TPSA) is 51.9 Å². The molecule has 0 aliphatic carbocycles. The van der Waals surface area contributed by atoms with Gasteiger partial charge in [-0.2, -0.15) is 0 Å². The molecule has 0 bridgehead atoms. The molecule has 0 aliphatic heterocycles. The molecule has 0 saturated carbocycles. The van der Waals surface area contributed by atoms with E-state index in [4.69, 9.17) is 0 Å². The minimum Gasteiger partial charge on any atom is -0.345 e. The van der Waals surface area contributed by atoms with E-state index in [1.807, 2.05) is 41.9 Å². The summed E-state index contributed by atoms with van der Waals surface area (Å²) < 4.78 is 4.28. The lowest BCUT2D eigenvalue weighted by molar-refractivity contribution is 0.0942. The number of fused-ring (bicyclic) bond motifs is 3. The fraction of sp³-hybridized carbons (Fsp3) is 0.238. The average Bonchev–Trinajstić information content (AvgIpc) is 3.15. The number of pyridine rings is 1. The second kappa shape index (κ2) is 6.33. The van der Waals surface area contributed by atoms with Crippen LogP contribution < -0.4 is 5.32 Å². The van der Waals surface area contributed by atoms with E-state index in [1.54, 1.807) is 6.20 Å². The van der Waals surface area contributed by atoms with Gasteiger partial charge in [0.2, 0.25) is 0 Å². The quantitative estimate of drug-likeness (QED) is 0.606. The Morgan fingerprint density at radius 1 is 1.12 bits per heavy atom. The Balaban J connectivity index is 1.76. The first-order valence-electron chi connectivity index (χ1n) is 8.84. The summed E-state index contributed by atoms with van der Waals surface area (Å²) in [5, 5.41) is 4.14. The van der Waals surface area contributed by atoms with Gasteiger partial charge >= 0.3 is 0 Å². The van der Waals surface area contributed by atoms with E-state index < -0.39 is 0 Å². The van der Waals surface area contributed by atoms with Gasteiger partial charge in [0.15, 0.2) is 0 Å². The summed E-state index contributed by atoms with van der Waals surface area (Å²) in [6.45, 7) is 4.75. The third kappa shape index (κ3) is 2.56. The van der Waals surface area contributed by atoms with E-state index in [-0.39, 0.29) is 5.91 Å². The highest BCUT2D eigenvalue weighted by Crippen LogP contribution is 2.33. The van der Waals surface area contributed by atoms with Crippen LogP contribution in [0.4, 0.5) is 0 Å². The zero-order valence-corrected chi connectivity index (χ0v) is 15.2. The van der Waals surface area contributed by atoms with Gasteiger partial charge in [-0.25, -0.2) is 0 Å². The number of nitrogens with zero attached hydrogens (tertiary/aromatic N) is 3. The number of hydrogen-bond acceptors (Lipinski definition) is 2. The van der Waals surface area contributed by atoms with Gasteiger partial charge in [0.1, 0.15) is 5.69 Å². The molecule has 1 N–H and O–H groups in total. The van der Waals surface area contributed by atoms with Crippen LogP contribution >= 0.6 is 0 Å². The lowest BCUT2D eigenvalue weighted by Gasteiger charge is -2.10. The molecule has 3 aromatic heterocycles. The molecule has 0 radical (unpaired) electrons. The highest BCUT2D eigenvalue weighted by atomic mass is 16.1. The Morgan fingerprint density at radius 3 is 2.62 bits per heavy atom. The smallest absolute Gasteiger partial charge is 0.268 e. The standard InChI is InChI=1S/C21H22N4O/c1-14(2)25-17-10-5-4-9-16(17)20-18(25)12-19(24(20)3)21(26)23-13-15-8-6-7-11-22-15/h4-12,14H,13H2,1-3H3,(H,23,26). The molecule has 1 amide bonds. The summed E-state index contributed by atoms with van der Waals surface area (Å²) in [6.07, 6.45) is 1.73. The highest BCUT2D eigenvalue weighted by Gasteiger charge is 2.20. The van der Waals surface area contributed by atoms with Crippen molar-refractivity contribution in [2.75, 3.05) is 0 Å². The molecule has 0 spiro atoms. The molecule has 5 heteroatoms. The zero-order chi connectivity index (χ0) is 18.3. The molecule has 0 saturated heterocycles. The maximum absolute atomic E-state index is 12.8. The van der Waals surface area contributed by atoms with Crippen LogP contribution in [-0.4, -0.2) is 20.0 Å². The maximum atomic E-state index is 12.8. The molecule has 132 valence electrons. The third-order valence-corrected chi connectivity index (χ3v) is 4.80. The Bertz CT molecular complexity index is 1090. The van der Waals surface area contributed by atoms with Crippen LogP contribution in [-0.2, 0) is 13.6 Å². The molecule has 5 nitrogen and oxygen atoms in total. The Hall–Kier alpha value is -3.08. The van der Waals surface area contributed by atoms with Crippen LogP contribution in [0.2, 0.25) is 0 Å². The monoisotopic (exact) mass is 346 g/mol. The number of carbonyl (C=O) groups excluding carboxylic acids is 1. The minimum atomic E-state index is -0.0891. The fourth-order valence-electron chi connectivity index (χ4n) is 3.64. The number of amides is 1. The van der Waals surface area contributed by atoms with Crippen LogP contribution in [0.25, 0.3) is 21.9 Å². The summed E-state index contributed by atoms with van der Waals surface area (Å²) in [4.78, 5) is 17.0. The van der Waals surface area contributed by atoms with Crippen LogP contribution in [0.5, 0.6) is 0 Å². The summed E-state index contributed by atoms with van der Waals surface area (Å²) in [5.74, 6) is -0.0891. The van der Waals surface area contributed by atoms with Crippen LogP contribution in [0.3, 0.4) is 0 Å². The van der Waals surface area contributed by atoms with Crippen molar-refractivity contribution in [2.24, 2.45) is 7.05 Å². The van der Waals surface area contributed by atoms with Gasteiger partial charge in [0, 0.05) is 24.7 Å². The molecular weight excluding hydrogens is 324 g/mol. The Morgan fingerprint density at radius 2 is 1.88 bits per heavy atom. The fourth-order valence-corrected chi connectivity index (χ4v) is 3.64. The van der Waals surface area contributed by atoms with Gasteiger partial charge in [-0.05, 0) is 38.1 Å². The lowest BCUT2D eigenvalue weighted by atomic mass is 10.2. The third-order valence-electron chi connectivity index (χ3n) is 4.80. The SMILES string of the molecule is CC(C)n1c2ccccc2c2c1cc(C(=O)NCc1ccccn1)n2C. The predicted molar refractivity (Wildman–Crippen MR) is 104 cm³/mol. The van der Waals surface area contributed by atoms with Crippen molar-refractivity contribution in [3.05, 3.63) is 66.1 Å². The van der Waals surface area contributed by atoms with Gasteiger partial charge < -0.3 is 14.5 Å². The van der Waals surface area contributed by atoms with Crippen molar-refractivity contribution in [3.8, 4) is 0 Å². The molecule has 0 fully saturated rings. The van der Waals surface area contributed by atoms with Gasteiger partial charge in [0.25, 0.3) is 5.91 Å². The number of hydrogen-bond donors (Lipinski definition) is 1. The summed E-state index contributed by atoms with van der Waals surface area (Å²) in [5.41, 5.74) is 4.88. The van der Waals surface area contributed by atoms with E-state index in [1.165, 1.54) is 10.9 Å². The molecular formula is C21H22N4O. The second-order valence-electron chi connectivity index (χ2n) is 6.81. The molecule has 0 unspecified atom stereocenters. The second-order valence-corrected chi connectivity index (χ2v) is 6.81. The van der Waals surface area contributed by atoms with Crippen LogP contribution in [0.15, 0.2) is 54.7 Å². The summed E-state index contributed by atoms with van der Waals surface area (Å²) in [6, 6.07) is 16.3. The van der Waals surface area contributed by atoms with E-state index in [2.05, 4.69) is 46.9 Å². The number of carbonyl (C=O) groups is 1. The van der Waals surface area contributed by atoms with Crippen molar-refractivity contribution in [1.29, 1.82) is 0 Å². The van der Waals surface area contributed by atoms with E-state index in [9.17, 15) is 4.79 Å². The molecule has 0 atom stereocenters. The van der Waals surface area contributed by atoms with E-state index in [0.29, 0.717) is 18.3 Å². The predicted octanol–water partition coefficient (Wildman–Crippen LogP) is 4.04. The molecule has 3 heterocycles. The van der Waals surface area contributed by atoms with Gasteiger partial charge in [0.05, 0.1) is 28.8 Å². The van der Waals surface area contributed by atoms with Gasteiger partial charge in [-0.1, -0.05) is 24.3 Å². The largest absolute Gasteiger partial charge is 0.345 e. The number of rotatable bonds is 4. The van der Waals surface area contributed by atoms with Crippen LogP contribution in [0, 0.1) is 0 Å².